The van der Waals surface area contributed by atoms with Crippen molar-refractivity contribution in [1.82, 2.24) is 10.2 Å². The summed E-state index contributed by atoms with van der Waals surface area (Å²) >= 11 is 0. The molecule has 1 aliphatic heterocycles. The van der Waals surface area contributed by atoms with Crippen LogP contribution in [0.4, 0.5) is 0 Å². The summed E-state index contributed by atoms with van der Waals surface area (Å²) in [4.78, 5) is 24.6. The Morgan fingerprint density at radius 1 is 1.56 bits per heavy atom. The minimum atomic E-state index is -0.531. The number of aliphatic hydroxyl groups is 1. The number of hydrogen-bond donors (Lipinski definition) is 2. The number of carbonyl (C=O) groups excluding carboxylic acids is 2. The zero-order chi connectivity index (χ0) is 12.1. The van der Waals surface area contributed by atoms with Crippen molar-refractivity contribution < 1.29 is 14.7 Å². The SMILES string of the molecule is CC(=O)N1CCCC(C(=O)NC[C@@H](C)O)C1. The first kappa shape index (κ1) is 13.0. The van der Waals surface area contributed by atoms with Gasteiger partial charge < -0.3 is 15.3 Å². The molecule has 2 amide bonds. The van der Waals surface area contributed by atoms with E-state index in [1.165, 1.54) is 6.92 Å². The summed E-state index contributed by atoms with van der Waals surface area (Å²) in [6.07, 6.45) is 1.15. The number of aliphatic hydroxyl groups excluding tert-OH is 1. The average Bonchev–Trinajstić information content (AvgIpc) is 2.26. The first-order chi connectivity index (χ1) is 7.50. The predicted octanol–water partition coefficient (Wildman–Crippen LogP) is -0.258. The van der Waals surface area contributed by atoms with E-state index in [9.17, 15) is 9.59 Å². The Labute approximate surface area is 95.8 Å². The van der Waals surface area contributed by atoms with Gasteiger partial charge in [-0.3, -0.25) is 9.59 Å². The Balaban J connectivity index is 2.41. The van der Waals surface area contributed by atoms with E-state index in [0.717, 1.165) is 19.4 Å². The smallest absolute Gasteiger partial charge is 0.224 e. The highest BCUT2D eigenvalue weighted by Gasteiger charge is 2.26. The van der Waals surface area contributed by atoms with Crippen LogP contribution in [0.15, 0.2) is 0 Å². The van der Waals surface area contributed by atoms with E-state index in [-0.39, 0.29) is 24.3 Å². The quantitative estimate of drug-likeness (QED) is 0.699. The fraction of sp³-hybridized carbons (Fsp3) is 0.818. The number of likely N-dealkylation sites (tertiary alicyclic amines) is 1. The number of rotatable bonds is 3. The Morgan fingerprint density at radius 2 is 2.25 bits per heavy atom. The summed E-state index contributed by atoms with van der Waals surface area (Å²) in [6.45, 7) is 4.67. The molecule has 1 saturated heterocycles. The molecule has 0 saturated carbocycles. The molecule has 1 unspecified atom stereocenters. The van der Waals surface area contributed by atoms with Crippen molar-refractivity contribution in [3.05, 3.63) is 0 Å². The molecule has 0 radical (unpaired) electrons. The molecule has 2 N–H and O–H groups in total. The third-order valence-electron chi connectivity index (χ3n) is 2.81. The van der Waals surface area contributed by atoms with Gasteiger partial charge in [-0.25, -0.2) is 0 Å². The average molecular weight is 228 g/mol. The van der Waals surface area contributed by atoms with Crippen molar-refractivity contribution >= 4 is 11.8 Å². The molecule has 0 aromatic carbocycles. The lowest BCUT2D eigenvalue weighted by atomic mass is 9.97. The molecule has 1 fully saturated rings. The maximum Gasteiger partial charge on any atom is 0.224 e. The Bertz CT molecular complexity index is 266. The standard InChI is InChI=1S/C11H20N2O3/c1-8(14)6-12-11(16)10-4-3-5-13(7-10)9(2)15/h8,10,14H,3-7H2,1-2H3,(H,12,16)/t8-,10?/m1/s1. The van der Waals surface area contributed by atoms with Crippen LogP contribution in [0.25, 0.3) is 0 Å². The van der Waals surface area contributed by atoms with Crippen molar-refractivity contribution in [2.45, 2.75) is 32.8 Å². The summed E-state index contributed by atoms with van der Waals surface area (Å²) < 4.78 is 0. The monoisotopic (exact) mass is 228 g/mol. The van der Waals surface area contributed by atoms with Crippen LogP contribution in [0.3, 0.4) is 0 Å². The first-order valence-corrected chi connectivity index (χ1v) is 5.72. The number of carbonyl (C=O) groups is 2. The molecule has 0 spiro atoms. The molecule has 0 bridgehead atoms. The summed E-state index contributed by atoms with van der Waals surface area (Å²) in [6, 6.07) is 0. The molecule has 0 aliphatic carbocycles. The number of hydrogen-bond acceptors (Lipinski definition) is 3. The molecule has 5 heteroatoms. The third-order valence-corrected chi connectivity index (χ3v) is 2.81. The lowest BCUT2D eigenvalue weighted by Gasteiger charge is -2.31. The van der Waals surface area contributed by atoms with E-state index in [0.29, 0.717) is 6.54 Å². The molecule has 0 aromatic rings. The van der Waals surface area contributed by atoms with Crippen LogP contribution in [-0.2, 0) is 9.59 Å². The molecule has 1 rings (SSSR count). The summed E-state index contributed by atoms with van der Waals surface area (Å²) in [5.41, 5.74) is 0. The predicted molar refractivity (Wildman–Crippen MR) is 59.7 cm³/mol. The molecule has 16 heavy (non-hydrogen) atoms. The second kappa shape index (κ2) is 5.84. The topological polar surface area (TPSA) is 69.6 Å². The fourth-order valence-corrected chi connectivity index (χ4v) is 1.87. The molecule has 5 nitrogen and oxygen atoms in total. The highest BCUT2D eigenvalue weighted by Crippen LogP contribution is 2.16. The van der Waals surface area contributed by atoms with Crippen molar-refractivity contribution in [2.75, 3.05) is 19.6 Å². The third kappa shape index (κ3) is 3.81. The van der Waals surface area contributed by atoms with Gasteiger partial charge in [-0.2, -0.15) is 0 Å². The second-order valence-corrected chi connectivity index (χ2v) is 4.40. The van der Waals surface area contributed by atoms with Gasteiger partial charge >= 0.3 is 0 Å². The Hall–Kier alpha value is -1.10. The van der Waals surface area contributed by atoms with E-state index in [2.05, 4.69) is 5.32 Å². The normalized spacial score (nSPS) is 22.7. The van der Waals surface area contributed by atoms with E-state index >= 15 is 0 Å². The zero-order valence-corrected chi connectivity index (χ0v) is 9.90. The molecule has 2 atom stereocenters. The lowest BCUT2D eigenvalue weighted by Crippen LogP contribution is -2.45. The van der Waals surface area contributed by atoms with Crippen molar-refractivity contribution in [1.29, 1.82) is 0 Å². The van der Waals surface area contributed by atoms with E-state index in [1.54, 1.807) is 11.8 Å². The van der Waals surface area contributed by atoms with Gasteiger partial charge in [-0.15, -0.1) is 0 Å². The summed E-state index contributed by atoms with van der Waals surface area (Å²) in [5.74, 6) is -0.170. The first-order valence-electron chi connectivity index (χ1n) is 5.72. The zero-order valence-electron chi connectivity index (χ0n) is 9.90. The van der Waals surface area contributed by atoms with Crippen LogP contribution in [-0.4, -0.2) is 47.6 Å². The van der Waals surface area contributed by atoms with E-state index in [4.69, 9.17) is 5.11 Å². The van der Waals surface area contributed by atoms with Crippen LogP contribution < -0.4 is 5.32 Å². The highest BCUT2D eigenvalue weighted by molar-refractivity contribution is 5.80. The number of piperidine rings is 1. The minimum Gasteiger partial charge on any atom is -0.392 e. The van der Waals surface area contributed by atoms with Gasteiger partial charge in [0.25, 0.3) is 0 Å². The van der Waals surface area contributed by atoms with Gasteiger partial charge in [0.2, 0.25) is 11.8 Å². The molecule has 1 aliphatic rings. The van der Waals surface area contributed by atoms with Crippen molar-refractivity contribution in [3.8, 4) is 0 Å². The minimum absolute atomic E-state index is 0.0213. The highest BCUT2D eigenvalue weighted by atomic mass is 16.3. The van der Waals surface area contributed by atoms with Gasteiger partial charge in [0.15, 0.2) is 0 Å². The summed E-state index contributed by atoms with van der Waals surface area (Å²) in [7, 11) is 0. The van der Waals surface area contributed by atoms with Gasteiger partial charge in [0.05, 0.1) is 12.0 Å². The molecule has 92 valence electrons. The number of nitrogens with one attached hydrogen (secondary N) is 1. The van der Waals surface area contributed by atoms with Crippen LogP contribution >= 0.6 is 0 Å². The molecule has 0 aromatic heterocycles. The van der Waals surface area contributed by atoms with Crippen LogP contribution in [0, 0.1) is 5.92 Å². The van der Waals surface area contributed by atoms with Gasteiger partial charge in [0, 0.05) is 26.6 Å². The Morgan fingerprint density at radius 3 is 2.81 bits per heavy atom. The van der Waals surface area contributed by atoms with Crippen molar-refractivity contribution in [3.63, 3.8) is 0 Å². The van der Waals surface area contributed by atoms with Crippen LogP contribution in [0.5, 0.6) is 0 Å². The number of nitrogens with zero attached hydrogens (tertiary/aromatic N) is 1. The van der Waals surface area contributed by atoms with Crippen molar-refractivity contribution in [2.24, 2.45) is 5.92 Å². The van der Waals surface area contributed by atoms with E-state index in [1.807, 2.05) is 0 Å². The van der Waals surface area contributed by atoms with E-state index < -0.39 is 6.10 Å². The Kier molecular flexibility index (Phi) is 4.73. The second-order valence-electron chi connectivity index (χ2n) is 4.40. The van der Waals surface area contributed by atoms with Crippen LogP contribution in [0.2, 0.25) is 0 Å². The molecular formula is C11H20N2O3. The van der Waals surface area contributed by atoms with Gasteiger partial charge in [0.1, 0.15) is 0 Å². The molecule has 1 heterocycles. The van der Waals surface area contributed by atoms with Crippen LogP contribution in [0.1, 0.15) is 26.7 Å². The maximum absolute atomic E-state index is 11.7. The van der Waals surface area contributed by atoms with Gasteiger partial charge in [-0.05, 0) is 19.8 Å². The summed E-state index contributed by atoms with van der Waals surface area (Å²) in [5, 5.41) is 11.7. The fourth-order valence-electron chi connectivity index (χ4n) is 1.87. The number of amides is 2. The lowest BCUT2D eigenvalue weighted by molar-refractivity contribution is -0.134. The molecular weight excluding hydrogens is 208 g/mol. The largest absolute Gasteiger partial charge is 0.392 e. The van der Waals surface area contributed by atoms with Gasteiger partial charge in [-0.1, -0.05) is 0 Å². The maximum atomic E-state index is 11.7.